The lowest BCUT2D eigenvalue weighted by Gasteiger charge is -2.21. The molecule has 4 nitrogen and oxygen atoms in total. The van der Waals surface area contributed by atoms with Gasteiger partial charge in [0.1, 0.15) is 0 Å². The summed E-state index contributed by atoms with van der Waals surface area (Å²) in [4.78, 5) is 1.87. The molecule has 1 aliphatic rings. The predicted molar refractivity (Wildman–Crippen MR) is 85.4 cm³/mol. The number of hydrogen-bond donors (Lipinski definition) is 3. The first kappa shape index (κ1) is 13.6. The van der Waals surface area contributed by atoms with Crippen LogP contribution in [-0.2, 0) is 0 Å². The van der Waals surface area contributed by atoms with Gasteiger partial charge in [0.2, 0.25) is 0 Å². The number of guanidine groups is 1. The molecule has 0 saturated carbocycles. The maximum Gasteiger partial charge on any atom is 0.195 e. The number of benzene rings is 2. The molecule has 1 fully saturated rings. The second-order valence-corrected chi connectivity index (χ2v) is 5.27. The van der Waals surface area contributed by atoms with Crippen molar-refractivity contribution < 1.29 is 5.11 Å². The molecule has 0 spiro atoms. The minimum Gasteiger partial charge on any atom is -0.391 e. The van der Waals surface area contributed by atoms with Gasteiger partial charge in [-0.25, -0.2) is 0 Å². The molecule has 21 heavy (non-hydrogen) atoms. The molecule has 0 aromatic heterocycles. The Labute approximate surface area is 124 Å². The molecule has 0 aliphatic carbocycles. The summed E-state index contributed by atoms with van der Waals surface area (Å²) in [6.45, 7) is 1.25. The number of β-amino-alcohol motifs (C(OH)–C–C–N with tert-alkyl or cyclic N) is 1. The third kappa shape index (κ3) is 3.06. The van der Waals surface area contributed by atoms with Gasteiger partial charge in [0.25, 0.3) is 0 Å². The maximum absolute atomic E-state index is 9.58. The first-order valence-electron chi connectivity index (χ1n) is 7.17. The highest BCUT2D eigenvalue weighted by molar-refractivity contribution is 5.96. The summed E-state index contributed by atoms with van der Waals surface area (Å²) in [7, 11) is 0. The zero-order valence-corrected chi connectivity index (χ0v) is 11.8. The van der Waals surface area contributed by atoms with Crippen LogP contribution in [0.5, 0.6) is 0 Å². The highest BCUT2D eigenvalue weighted by atomic mass is 16.3. The van der Waals surface area contributed by atoms with Gasteiger partial charge in [-0.3, -0.25) is 5.41 Å². The van der Waals surface area contributed by atoms with E-state index in [4.69, 9.17) is 5.41 Å². The summed E-state index contributed by atoms with van der Waals surface area (Å²) in [6.07, 6.45) is 0.404. The summed E-state index contributed by atoms with van der Waals surface area (Å²) in [6, 6.07) is 18.1. The summed E-state index contributed by atoms with van der Waals surface area (Å²) in [5, 5.41) is 20.9. The van der Waals surface area contributed by atoms with Crippen LogP contribution in [0.4, 0.5) is 5.69 Å². The minimum absolute atomic E-state index is 0.323. The van der Waals surface area contributed by atoms with Crippen molar-refractivity contribution in [2.24, 2.45) is 0 Å². The van der Waals surface area contributed by atoms with E-state index in [9.17, 15) is 5.11 Å². The largest absolute Gasteiger partial charge is 0.391 e. The number of rotatable bonds is 2. The van der Waals surface area contributed by atoms with E-state index in [1.807, 2.05) is 47.4 Å². The lowest BCUT2D eigenvalue weighted by molar-refractivity contribution is 0.188. The van der Waals surface area contributed by atoms with Crippen molar-refractivity contribution in [2.45, 2.75) is 12.5 Å². The summed E-state index contributed by atoms with van der Waals surface area (Å²) < 4.78 is 0. The van der Waals surface area contributed by atoms with Gasteiger partial charge in [-0.2, -0.15) is 0 Å². The monoisotopic (exact) mass is 281 g/mol. The van der Waals surface area contributed by atoms with E-state index >= 15 is 0 Å². The zero-order chi connectivity index (χ0) is 14.7. The van der Waals surface area contributed by atoms with E-state index in [1.54, 1.807) is 0 Å². The Bertz CT molecular complexity index is 627. The average molecular weight is 281 g/mol. The molecule has 0 bridgehead atoms. The third-order valence-electron chi connectivity index (χ3n) is 3.74. The molecule has 4 heteroatoms. The van der Waals surface area contributed by atoms with E-state index < -0.39 is 0 Å². The van der Waals surface area contributed by atoms with Gasteiger partial charge in [-0.1, -0.05) is 48.5 Å². The normalized spacial score (nSPS) is 17.8. The number of aliphatic hydroxyl groups excluding tert-OH is 1. The lowest BCUT2D eigenvalue weighted by atomic mass is 10.0. The van der Waals surface area contributed by atoms with E-state index in [-0.39, 0.29) is 6.10 Å². The fourth-order valence-corrected chi connectivity index (χ4v) is 2.61. The lowest BCUT2D eigenvalue weighted by Crippen LogP contribution is -2.34. The molecule has 1 aliphatic heterocycles. The van der Waals surface area contributed by atoms with Gasteiger partial charge in [0.05, 0.1) is 6.10 Å². The van der Waals surface area contributed by atoms with E-state index in [0.717, 1.165) is 29.8 Å². The Balaban J connectivity index is 1.81. The molecule has 0 radical (unpaired) electrons. The fourth-order valence-electron chi connectivity index (χ4n) is 2.61. The van der Waals surface area contributed by atoms with Crippen molar-refractivity contribution in [2.75, 3.05) is 18.4 Å². The van der Waals surface area contributed by atoms with Gasteiger partial charge < -0.3 is 15.3 Å². The first-order chi connectivity index (χ1) is 10.2. The molecule has 0 amide bonds. The first-order valence-corrected chi connectivity index (χ1v) is 7.17. The molecule has 1 saturated heterocycles. The van der Waals surface area contributed by atoms with Gasteiger partial charge >= 0.3 is 0 Å². The number of nitrogens with zero attached hydrogens (tertiary/aromatic N) is 1. The van der Waals surface area contributed by atoms with Crippen LogP contribution in [0.25, 0.3) is 11.1 Å². The van der Waals surface area contributed by atoms with Crippen LogP contribution in [0.2, 0.25) is 0 Å². The predicted octanol–water partition coefficient (Wildman–Crippen LogP) is 2.77. The summed E-state index contributed by atoms with van der Waals surface area (Å²) in [5.41, 5.74) is 3.10. The molecule has 1 atom stereocenters. The molecule has 1 heterocycles. The zero-order valence-electron chi connectivity index (χ0n) is 11.8. The number of para-hydroxylation sites is 1. The van der Waals surface area contributed by atoms with Crippen molar-refractivity contribution in [3.63, 3.8) is 0 Å². The second-order valence-electron chi connectivity index (χ2n) is 5.27. The highest BCUT2D eigenvalue weighted by Crippen LogP contribution is 2.27. The fraction of sp³-hybridized carbons (Fsp3) is 0.235. The van der Waals surface area contributed by atoms with Crippen LogP contribution in [0.1, 0.15) is 6.42 Å². The maximum atomic E-state index is 9.58. The van der Waals surface area contributed by atoms with Gasteiger partial charge in [-0.15, -0.1) is 0 Å². The van der Waals surface area contributed by atoms with Crippen molar-refractivity contribution >= 4 is 11.6 Å². The Morgan fingerprint density at radius 2 is 1.81 bits per heavy atom. The topological polar surface area (TPSA) is 59.4 Å². The van der Waals surface area contributed by atoms with Crippen LogP contribution in [-0.4, -0.2) is 35.2 Å². The molecule has 2 aromatic rings. The Morgan fingerprint density at radius 3 is 2.52 bits per heavy atom. The van der Waals surface area contributed by atoms with Gasteiger partial charge in [-0.05, 0) is 18.1 Å². The van der Waals surface area contributed by atoms with Crippen molar-refractivity contribution in [1.82, 2.24) is 4.90 Å². The molecule has 2 aromatic carbocycles. The van der Waals surface area contributed by atoms with Crippen molar-refractivity contribution in [3.05, 3.63) is 54.6 Å². The average Bonchev–Trinajstić information content (AvgIpc) is 2.95. The van der Waals surface area contributed by atoms with Gasteiger partial charge in [0, 0.05) is 24.3 Å². The van der Waals surface area contributed by atoms with Crippen LogP contribution in [0.15, 0.2) is 54.6 Å². The Hall–Kier alpha value is -2.33. The van der Waals surface area contributed by atoms with Crippen molar-refractivity contribution in [1.29, 1.82) is 5.41 Å². The van der Waals surface area contributed by atoms with Crippen LogP contribution in [0, 0.1) is 5.41 Å². The second kappa shape index (κ2) is 5.97. The van der Waals surface area contributed by atoms with E-state index in [1.165, 1.54) is 0 Å². The third-order valence-corrected chi connectivity index (χ3v) is 3.74. The quantitative estimate of drug-likeness (QED) is 0.586. The number of anilines is 1. The molecule has 1 unspecified atom stereocenters. The van der Waals surface area contributed by atoms with Crippen LogP contribution >= 0.6 is 0 Å². The van der Waals surface area contributed by atoms with Gasteiger partial charge in [0.15, 0.2) is 5.96 Å². The number of nitrogens with one attached hydrogen (secondary N) is 2. The van der Waals surface area contributed by atoms with Crippen LogP contribution < -0.4 is 5.32 Å². The number of hydrogen-bond acceptors (Lipinski definition) is 2. The molecular weight excluding hydrogens is 262 g/mol. The molecule has 108 valence electrons. The molecular formula is C17H19N3O. The van der Waals surface area contributed by atoms with E-state index in [2.05, 4.69) is 17.4 Å². The highest BCUT2D eigenvalue weighted by Gasteiger charge is 2.22. The molecule has 3 N–H and O–H groups in total. The molecule has 3 rings (SSSR count). The summed E-state index contributed by atoms with van der Waals surface area (Å²) >= 11 is 0. The standard InChI is InChI=1S/C17H19N3O/c18-17(20-11-10-14(21)12-20)19-16-9-5-4-8-15(16)13-6-2-1-3-7-13/h1-9,14,21H,10-12H2,(H2,18,19). The minimum atomic E-state index is -0.323. The smallest absolute Gasteiger partial charge is 0.195 e. The Morgan fingerprint density at radius 1 is 1.10 bits per heavy atom. The number of likely N-dealkylation sites (tertiary alicyclic amines) is 1. The van der Waals surface area contributed by atoms with Crippen molar-refractivity contribution in [3.8, 4) is 11.1 Å². The summed E-state index contributed by atoms with van der Waals surface area (Å²) in [5.74, 6) is 0.343. The van der Waals surface area contributed by atoms with E-state index in [0.29, 0.717) is 12.5 Å². The Kier molecular flexibility index (Phi) is 3.88. The SMILES string of the molecule is N=C(Nc1ccccc1-c1ccccc1)N1CCC(O)C1. The number of aliphatic hydroxyl groups is 1. The van der Waals surface area contributed by atoms with Crippen LogP contribution in [0.3, 0.4) is 0 Å².